The van der Waals surface area contributed by atoms with Gasteiger partial charge in [0, 0.05) is 93.5 Å². The van der Waals surface area contributed by atoms with Gasteiger partial charge in [0.05, 0.1) is 6.04 Å². The van der Waals surface area contributed by atoms with E-state index in [-0.39, 0.29) is 25.3 Å². The van der Waals surface area contributed by atoms with Crippen LogP contribution in [-0.2, 0) is 0 Å². The number of para-hydroxylation sites is 3. The van der Waals surface area contributed by atoms with Gasteiger partial charge < -0.3 is 19.6 Å². The summed E-state index contributed by atoms with van der Waals surface area (Å²) in [5.74, 6) is -0.0647. The molecule has 0 amide bonds. The molecule has 0 aromatic heterocycles. The highest BCUT2D eigenvalue weighted by Gasteiger charge is 2.54. The third kappa shape index (κ3) is 10.7. The lowest BCUT2D eigenvalue weighted by Crippen LogP contribution is -2.65. The average Bonchev–Trinajstić information content (AvgIpc) is 0.689. The molecule has 0 fully saturated rings. The van der Waals surface area contributed by atoms with Crippen LogP contribution in [-0.4, -0.2) is 19.5 Å². The molecule has 0 spiro atoms. The van der Waals surface area contributed by atoms with Crippen LogP contribution >= 0.6 is 23.5 Å². The fourth-order valence-corrected chi connectivity index (χ4v) is 19.4. The van der Waals surface area contributed by atoms with E-state index in [0.29, 0.717) is 0 Å². The lowest BCUT2D eigenvalue weighted by molar-refractivity contribution is 0.713. The summed E-state index contributed by atoms with van der Waals surface area (Å²) in [6.45, 7) is -0.0764. The van der Waals surface area contributed by atoms with Crippen LogP contribution in [0.15, 0.2) is 419 Å². The first-order valence-corrected chi connectivity index (χ1v) is 37.6. The molecule has 4 nitrogen and oxygen atoms in total. The Balaban J connectivity index is 0.827. The smallest absolute Gasteiger partial charge is 0.247 e. The molecule has 0 saturated heterocycles. The quantitative estimate of drug-likeness (QED) is 0.106. The maximum atomic E-state index is 2.77. The van der Waals surface area contributed by atoms with Crippen molar-refractivity contribution in [1.82, 2.24) is 0 Å². The van der Waals surface area contributed by atoms with Gasteiger partial charge in [0.25, 0.3) is 0 Å². The molecule has 2 unspecified atom stereocenters. The highest BCUT2D eigenvalue weighted by atomic mass is 32.2. The first-order valence-electron chi connectivity index (χ1n) is 35.9. The minimum absolute atomic E-state index is 0.0307. The summed E-state index contributed by atoms with van der Waals surface area (Å²) < 4.78 is 0. The lowest BCUT2D eigenvalue weighted by atomic mass is 9.27. The Morgan fingerprint density at radius 3 is 1.35 bits per heavy atom. The van der Waals surface area contributed by atoms with Crippen LogP contribution in [0.2, 0.25) is 5.82 Å². The molecule has 4 heterocycles. The molecule has 488 valence electrons. The molecule has 8 heteroatoms. The van der Waals surface area contributed by atoms with Crippen molar-refractivity contribution < 1.29 is 0 Å². The van der Waals surface area contributed by atoms with Gasteiger partial charge in [-0.25, -0.2) is 0 Å². The van der Waals surface area contributed by atoms with Gasteiger partial charge in [-0.05, 0) is 170 Å². The van der Waals surface area contributed by atoms with E-state index < -0.39 is 0 Å². The standard InChI is InChI=1S/C96H66B2N4S2/c1-7-27-65(28-8-1)69-49-53-75(54-50-69)99(77-41-25-37-72(57-77)67-31-11-3-12-32-67)79-59-89-95-90(60-79)102(86-46-22-19-43-81(86)71-35-15-5-16-36-71)88-64-92-85(63-84(88)97(95)82-44-20-23-47-87(82)101(89)74-39-17-6-18-40-74)98-83-45-21-24-48-91(83)103-93-61-80(62-94(104-92)96(93)98)100(76-55-51-70(52-56-76)66-29-9-2-10-30-66)78-42-26-38-73(58-78)68-33-13-4-14-34-68/h1-64,90,95H. The van der Waals surface area contributed by atoms with Gasteiger partial charge in [-0.3, -0.25) is 0 Å². The number of fused-ring (bicyclic) bond motifs is 8. The van der Waals surface area contributed by atoms with E-state index in [1.54, 1.807) is 0 Å². The fourth-order valence-electron chi connectivity index (χ4n) is 17.0. The van der Waals surface area contributed by atoms with Crippen molar-refractivity contribution in [3.8, 4) is 55.6 Å². The molecule has 0 bridgehead atoms. The Morgan fingerprint density at radius 1 is 0.288 bits per heavy atom. The number of nitrogens with zero attached hydrogens (tertiary/aromatic N) is 4. The topological polar surface area (TPSA) is 13.0 Å². The Bertz CT molecular complexity index is 5840. The number of benzene rings is 15. The molecule has 5 aliphatic rings. The van der Waals surface area contributed by atoms with E-state index in [1.165, 1.54) is 114 Å². The van der Waals surface area contributed by atoms with Crippen molar-refractivity contribution in [2.24, 2.45) is 0 Å². The number of allylic oxidation sites excluding steroid dienone is 1. The van der Waals surface area contributed by atoms with E-state index in [9.17, 15) is 0 Å². The van der Waals surface area contributed by atoms with Gasteiger partial charge in [-0.2, -0.15) is 0 Å². The summed E-state index contributed by atoms with van der Waals surface area (Å²) in [4.78, 5) is 15.5. The van der Waals surface area contributed by atoms with Crippen molar-refractivity contribution in [3.05, 3.63) is 400 Å². The second-order valence-electron chi connectivity index (χ2n) is 27.4. The summed E-state index contributed by atoms with van der Waals surface area (Å²) in [5.41, 5.74) is 31.0. The van der Waals surface area contributed by atoms with E-state index >= 15 is 0 Å². The maximum absolute atomic E-state index is 2.77. The summed E-state index contributed by atoms with van der Waals surface area (Å²) in [6.07, 6.45) is 5.18. The van der Waals surface area contributed by atoms with Gasteiger partial charge in [0.15, 0.2) is 0 Å². The zero-order valence-corrected chi connectivity index (χ0v) is 58.5. The zero-order valence-electron chi connectivity index (χ0n) is 56.9. The molecule has 15 aromatic rings. The number of hydrogen-bond donors (Lipinski definition) is 0. The molecule has 2 atom stereocenters. The molecule has 0 radical (unpaired) electrons. The van der Waals surface area contributed by atoms with Gasteiger partial charge in [-0.1, -0.05) is 319 Å². The van der Waals surface area contributed by atoms with Crippen LogP contribution < -0.4 is 46.9 Å². The average molecular weight is 1360 g/mol. The van der Waals surface area contributed by atoms with Crippen LogP contribution in [0.25, 0.3) is 55.6 Å². The first-order chi connectivity index (χ1) is 51.6. The highest BCUT2D eigenvalue weighted by molar-refractivity contribution is 8.01. The summed E-state index contributed by atoms with van der Waals surface area (Å²) >= 11 is 3.86. The van der Waals surface area contributed by atoms with Crippen molar-refractivity contribution >= 4 is 115 Å². The van der Waals surface area contributed by atoms with Gasteiger partial charge in [-0.15, -0.1) is 0 Å². The molecule has 0 N–H and O–H groups in total. The maximum Gasteiger partial charge on any atom is 0.247 e. The molecule has 20 rings (SSSR count). The van der Waals surface area contributed by atoms with Crippen LogP contribution in [0.1, 0.15) is 0 Å². The Hall–Kier alpha value is -12.2. The molecule has 104 heavy (non-hydrogen) atoms. The monoisotopic (exact) mass is 1360 g/mol. The summed E-state index contributed by atoms with van der Waals surface area (Å²) in [5, 5.41) is 0. The minimum Gasteiger partial charge on any atom is -0.334 e. The van der Waals surface area contributed by atoms with Crippen LogP contribution in [0.3, 0.4) is 0 Å². The predicted octanol–water partition coefficient (Wildman–Crippen LogP) is 22.2. The molecule has 4 aliphatic heterocycles. The van der Waals surface area contributed by atoms with Crippen molar-refractivity contribution in [3.63, 3.8) is 0 Å². The van der Waals surface area contributed by atoms with Crippen molar-refractivity contribution in [2.45, 2.75) is 31.4 Å². The SMILES string of the molecule is C1=C(N(c2ccc(-c3ccccc3)cc2)c2cccc(-c3ccccc3)c2)C=C2C3B(c4ccccc4N2c2ccccc2)c2cc4c(cc2N(c2ccccc2-c2ccccc2)C13)Sc1cc(N(c2ccc(-c3ccccc3)cc2)c2cccc(-c3ccccc3)c2)cc2c1B4c1ccccc1S2. The van der Waals surface area contributed by atoms with Crippen molar-refractivity contribution in [1.29, 1.82) is 0 Å². The van der Waals surface area contributed by atoms with E-state index in [0.717, 1.165) is 51.1 Å². The predicted molar refractivity (Wildman–Crippen MR) is 441 cm³/mol. The minimum atomic E-state index is -0.215. The molecule has 0 saturated carbocycles. The number of hydrogen-bond acceptors (Lipinski definition) is 6. The lowest BCUT2D eigenvalue weighted by Gasteiger charge is -2.54. The number of rotatable bonds is 13. The van der Waals surface area contributed by atoms with E-state index in [4.69, 9.17) is 0 Å². The molecular weight excluding hydrogens is 1290 g/mol. The summed E-state index contributed by atoms with van der Waals surface area (Å²) in [6, 6.07) is 140. The van der Waals surface area contributed by atoms with Gasteiger partial charge in [0.1, 0.15) is 0 Å². The normalized spacial score (nSPS) is 14.9. The molecule has 15 aromatic carbocycles. The number of anilines is 9. The van der Waals surface area contributed by atoms with Crippen molar-refractivity contribution in [2.75, 3.05) is 19.6 Å². The Labute approximate surface area is 617 Å². The van der Waals surface area contributed by atoms with E-state index in [2.05, 4.69) is 408 Å². The Morgan fingerprint density at radius 2 is 0.750 bits per heavy atom. The third-order valence-corrected chi connectivity index (χ3v) is 23.8. The van der Waals surface area contributed by atoms with Gasteiger partial charge in [0.2, 0.25) is 13.4 Å². The second kappa shape index (κ2) is 26.0. The van der Waals surface area contributed by atoms with Crippen LogP contribution in [0.4, 0.5) is 51.2 Å². The summed E-state index contributed by atoms with van der Waals surface area (Å²) in [7, 11) is 0. The van der Waals surface area contributed by atoms with Gasteiger partial charge >= 0.3 is 0 Å². The van der Waals surface area contributed by atoms with Crippen LogP contribution in [0, 0.1) is 0 Å². The van der Waals surface area contributed by atoms with Crippen LogP contribution in [0.5, 0.6) is 0 Å². The fraction of sp³-hybridized carbons (Fsp3) is 0.0208. The Kier molecular flexibility index (Phi) is 15.4. The third-order valence-electron chi connectivity index (χ3n) is 21.6. The second-order valence-corrected chi connectivity index (χ2v) is 29.6. The zero-order chi connectivity index (χ0) is 68.6. The largest absolute Gasteiger partial charge is 0.334 e. The van der Waals surface area contributed by atoms with E-state index in [1.807, 2.05) is 23.5 Å². The molecule has 1 aliphatic carbocycles. The molecular formula is C96H66B2N4S2. The first kappa shape index (κ1) is 61.7. The highest BCUT2D eigenvalue weighted by Crippen LogP contribution is 2.55.